The number of esters is 1. The van der Waals surface area contributed by atoms with Gasteiger partial charge in [0.25, 0.3) is 0 Å². The molecule has 0 saturated heterocycles. The Morgan fingerprint density at radius 3 is 2.57 bits per heavy atom. The highest BCUT2D eigenvalue weighted by Crippen LogP contribution is 2.23. The Hall–Kier alpha value is -2.86. The average Bonchev–Trinajstić information content (AvgIpc) is 2.99. The molecule has 2 N–H and O–H groups in total. The molecule has 0 unspecified atom stereocenters. The topological polar surface area (TPSA) is 83.0 Å². The van der Waals surface area contributed by atoms with E-state index in [-0.39, 0.29) is 11.4 Å². The molecular formula is C16H13ClN4O2. The number of hydrogen-bond donors (Lipinski definition) is 1. The Balaban J connectivity index is 2.24. The number of para-hydroxylation sites is 1. The van der Waals surface area contributed by atoms with Crippen molar-refractivity contribution in [1.29, 1.82) is 0 Å². The number of ether oxygens (including phenoxy) is 1. The Kier molecular flexibility index (Phi) is 3.99. The van der Waals surface area contributed by atoms with Crippen LogP contribution in [-0.4, -0.2) is 28.1 Å². The molecule has 0 radical (unpaired) electrons. The van der Waals surface area contributed by atoms with E-state index in [0.717, 1.165) is 0 Å². The number of carbonyl (C=O) groups excluding carboxylic acids is 1. The zero-order chi connectivity index (χ0) is 16.4. The first-order chi connectivity index (χ1) is 11.1. The molecule has 3 aromatic rings. The Labute approximate surface area is 137 Å². The van der Waals surface area contributed by atoms with E-state index in [9.17, 15) is 4.79 Å². The van der Waals surface area contributed by atoms with Gasteiger partial charge >= 0.3 is 5.97 Å². The highest BCUT2D eigenvalue weighted by molar-refractivity contribution is 6.30. The van der Waals surface area contributed by atoms with Gasteiger partial charge in [-0.1, -0.05) is 41.1 Å². The van der Waals surface area contributed by atoms with Crippen molar-refractivity contribution in [2.75, 3.05) is 7.11 Å². The van der Waals surface area contributed by atoms with Crippen LogP contribution in [0.1, 0.15) is 5.56 Å². The van der Waals surface area contributed by atoms with Gasteiger partial charge in [-0.05, 0) is 29.8 Å². The number of nitrogens with zero attached hydrogens (tertiary/aromatic N) is 3. The van der Waals surface area contributed by atoms with Crippen LogP contribution >= 0.6 is 11.6 Å². The summed E-state index contributed by atoms with van der Waals surface area (Å²) in [6, 6.07) is 14.1. The molecule has 7 heteroatoms. The minimum Gasteiger partial charge on any atom is -0.464 e. The van der Waals surface area contributed by atoms with Gasteiger partial charge in [-0.15, -0.1) is 5.10 Å². The van der Waals surface area contributed by atoms with Crippen LogP contribution in [-0.2, 0) is 9.53 Å². The Bertz CT molecular complexity index is 900. The molecule has 2 aromatic carbocycles. The van der Waals surface area contributed by atoms with E-state index < -0.39 is 5.97 Å². The van der Waals surface area contributed by atoms with Crippen molar-refractivity contribution < 1.29 is 9.53 Å². The number of fused-ring (bicyclic) bond motifs is 1. The second-order valence-corrected chi connectivity index (χ2v) is 5.19. The third kappa shape index (κ3) is 2.76. The van der Waals surface area contributed by atoms with Crippen LogP contribution in [0.3, 0.4) is 0 Å². The van der Waals surface area contributed by atoms with Crippen LogP contribution < -0.4 is 5.73 Å². The van der Waals surface area contributed by atoms with E-state index in [2.05, 4.69) is 10.3 Å². The molecule has 0 aliphatic carbocycles. The van der Waals surface area contributed by atoms with E-state index >= 15 is 0 Å². The molecule has 0 spiro atoms. The van der Waals surface area contributed by atoms with Crippen molar-refractivity contribution in [3.63, 3.8) is 0 Å². The lowest BCUT2D eigenvalue weighted by Gasteiger charge is -2.11. The van der Waals surface area contributed by atoms with Crippen molar-refractivity contribution in [2.24, 2.45) is 5.73 Å². The van der Waals surface area contributed by atoms with Crippen LogP contribution in [0.25, 0.3) is 22.4 Å². The predicted molar refractivity (Wildman–Crippen MR) is 88.3 cm³/mol. The lowest BCUT2D eigenvalue weighted by Crippen LogP contribution is -2.17. The van der Waals surface area contributed by atoms with Gasteiger partial charge < -0.3 is 10.5 Å². The maximum absolute atomic E-state index is 12.3. The zero-order valence-corrected chi connectivity index (χ0v) is 13.0. The van der Waals surface area contributed by atoms with Gasteiger partial charge in [0.2, 0.25) is 0 Å². The summed E-state index contributed by atoms with van der Waals surface area (Å²) in [7, 11) is 1.29. The zero-order valence-electron chi connectivity index (χ0n) is 12.2. The Morgan fingerprint density at radius 2 is 1.87 bits per heavy atom. The van der Waals surface area contributed by atoms with E-state index in [0.29, 0.717) is 21.6 Å². The number of hydrogen-bond acceptors (Lipinski definition) is 5. The van der Waals surface area contributed by atoms with E-state index in [1.807, 2.05) is 12.1 Å². The Morgan fingerprint density at radius 1 is 1.17 bits per heavy atom. The normalized spacial score (nSPS) is 12.1. The van der Waals surface area contributed by atoms with Crippen molar-refractivity contribution >= 4 is 40.0 Å². The second-order valence-electron chi connectivity index (χ2n) is 4.75. The van der Waals surface area contributed by atoms with E-state index in [1.54, 1.807) is 36.4 Å². The van der Waals surface area contributed by atoms with Gasteiger partial charge in [0.05, 0.1) is 18.3 Å². The van der Waals surface area contributed by atoms with E-state index in [1.165, 1.54) is 11.8 Å². The molecule has 0 fully saturated rings. The fourth-order valence-corrected chi connectivity index (χ4v) is 2.33. The number of aromatic nitrogens is 3. The maximum atomic E-state index is 12.3. The fraction of sp³-hybridized carbons (Fsp3) is 0.0625. The van der Waals surface area contributed by atoms with Gasteiger partial charge in [0, 0.05) is 5.02 Å². The van der Waals surface area contributed by atoms with Crippen molar-refractivity contribution in [2.45, 2.75) is 0 Å². The minimum absolute atomic E-state index is 0.100. The molecule has 116 valence electrons. The standard InChI is InChI=1S/C16H13ClN4O2/c1-23-16(22)15(14(18)10-6-8-11(17)9-7-10)21-13-5-3-2-4-12(13)19-20-21/h2-9H,18H2,1H3. The third-order valence-corrected chi connectivity index (χ3v) is 3.60. The van der Waals surface area contributed by atoms with Crippen LogP contribution in [0.5, 0.6) is 0 Å². The molecule has 0 saturated carbocycles. The molecule has 0 aliphatic heterocycles. The summed E-state index contributed by atoms with van der Waals surface area (Å²) in [5, 5.41) is 8.65. The third-order valence-electron chi connectivity index (χ3n) is 3.35. The summed E-state index contributed by atoms with van der Waals surface area (Å²) in [6.07, 6.45) is 0. The molecule has 6 nitrogen and oxygen atoms in total. The predicted octanol–water partition coefficient (Wildman–Crippen LogP) is 2.54. The molecular weight excluding hydrogens is 316 g/mol. The number of methoxy groups -OCH3 is 1. The summed E-state index contributed by atoms with van der Waals surface area (Å²) >= 11 is 5.89. The summed E-state index contributed by atoms with van der Waals surface area (Å²) in [4.78, 5) is 12.3. The van der Waals surface area contributed by atoms with Gasteiger partial charge in [-0.25, -0.2) is 9.48 Å². The molecule has 0 amide bonds. The molecule has 3 rings (SSSR count). The van der Waals surface area contributed by atoms with Crippen molar-refractivity contribution in [3.05, 3.63) is 59.1 Å². The fourth-order valence-electron chi connectivity index (χ4n) is 2.21. The quantitative estimate of drug-likeness (QED) is 0.590. The molecule has 1 heterocycles. The van der Waals surface area contributed by atoms with Crippen LogP contribution in [0.15, 0.2) is 48.5 Å². The van der Waals surface area contributed by atoms with Crippen molar-refractivity contribution in [1.82, 2.24) is 15.0 Å². The van der Waals surface area contributed by atoms with Crippen molar-refractivity contribution in [3.8, 4) is 0 Å². The number of benzene rings is 2. The number of halogens is 1. The molecule has 0 atom stereocenters. The van der Waals surface area contributed by atoms with Gasteiger partial charge in [-0.2, -0.15) is 0 Å². The van der Waals surface area contributed by atoms with Crippen LogP contribution in [0, 0.1) is 0 Å². The average molecular weight is 329 g/mol. The first kappa shape index (κ1) is 15.1. The first-order valence-electron chi connectivity index (χ1n) is 6.76. The van der Waals surface area contributed by atoms with Gasteiger partial charge in [0.1, 0.15) is 5.52 Å². The lowest BCUT2D eigenvalue weighted by molar-refractivity contribution is -0.134. The summed E-state index contributed by atoms with van der Waals surface area (Å²) in [5.41, 5.74) is 8.46. The number of nitrogens with two attached hydrogens (primary N) is 1. The smallest absolute Gasteiger partial charge is 0.358 e. The maximum Gasteiger partial charge on any atom is 0.358 e. The largest absolute Gasteiger partial charge is 0.464 e. The second kappa shape index (κ2) is 6.10. The summed E-state index contributed by atoms with van der Waals surface area (Å²) in [6.45, 7) is 0. The van der Waals surface area contributed by atoms with Gasteiger partial charge in [-0.3, -0.25) is 0 Å². The highest BCUT2D eigenvalue weighted by atomic mass is 35.5. The van der Waals surface area contributed by atoms with Gasteiger partial charge in [0.15, 0.2) is 5.70 Å². The summed E-state index contributed by atoms with van der Waals surface area (Å²) < 4.78 is 6.24. The number of rotatable bonds is 3. The SMILES string of the molecule is COC(=O)C(=C(N)c1ccc(Cl)cc1)n1nnc2ccccc21. The molecule has 0 aliphatic rings. The summed E-state index contributed by atoms with van der Waals surface area (Å²) in [5.74, 6) is -0.604. The first-order valence-corrected chi connectivity index (χ1v) is 7.14. The van der Waals surface area contributed by atoms with E-state index in [4.69, 9.17) is 22.1 Å². The molecule has 0 bridgehead atoms. The monoisotopic (exact) mass is 328 g/mol. The van der Waals surface area contributed by atoms with Crippen LogP contribution in [0.4, 0.5) is 0 Å². The van der Waals surface area contributed by atoms with Crippen LogP contribution in [0.2, 0.25) is 5.02 Å². The molecule has 23 heavy (non-hydrogen) atoms. The minimum atomic E-state index is -0.604. The lowest BCUT2D eigenvalue weighted by atomic mass is 10.1. The highest BCUT2D eigenvalue weighted by Gasteiger charge is 2.21. The number of carbonyl (C=O) groups is 1. The molecule has 1 aromatic heterocycles.